The lowest BCUT2D eigenvalue weighted by Crippen LogP contribution is -2.05. The second-order valence-corrected chi connectivity index (χ2v) is 1.98. The van der Waals surface area contributed by atoms with Gasteiger partial charge in [-0.05, 0) is 0 Å². The number of amides is 1. The molecule has 0 aromatic heterocycles. The lowest BCUT2D eigenvalue weighted by molar-refractivity contribution is -0.117. The summed E-state index contributed by atoms with van der Waals surface area (Å²) in [7, 11) is 0. The molecule has 3 heteroatoms. The number of hydrogen-bond donors (Lipinski definition) is 0. The normalized spacial score (nSPS) is 21.0. The molecule has 1 aliphatic heterocycles. The first-order chi connectivity index (χ1) is 2.89. The number of carbonyl (C=O) groups excluding carboxylic acids is 1. The second-order valence-electron chi connectivity index (χ2n) is 1.03. The summed E-state index contributed by atoms with van der Waals surface area (Å²) in [6, 6.07) is 0. The predicted molar refractivity (Wildman–Crippen MR) is 24.5 cm³/mol. The summed E-state index contributed by atoms with van der Waals surface area (Å²) in [5, 5.41) is 3.56. The molecule has 0 aromatic rings. The van der Waals surface area contributed by atoms with E-state index in [0.29, 0.717) is 11.6 Å². The Bertz CT molecular complexity index is 65.2. The first kappa shape index (κ1) is 3.99. The Hall–Kier alpha value is -0.180. The van der Waals surface area contributed by atoms with E-state index in [1.54, 1.807) is 11.8 Å². The Morgan fingerprint density at radius 2 is 2.67 bits per heavy atom. The van der Waals surface area contributed by atoms with Crippen molar-refractivity contribution in [3.05, 3.63) is 0 Å². The van der Waals surface area contributed by atoms with E-state index in [2.05, 4.69) is 5.32 Å². The van der Waals surface area contributed by atoms with Gasteiger partial charge < -0.3 is 0 Å². The highest BCUT2D eigenvalue weighted by Crippen LogP contribution is 2.03. The fraction of sp³-hybridized carbons (Fsp3) is 0.667. The van der Waals surface area contributed by atoms with Crippen LogP contribution in [-0.2, 0) is 4.79 Å². The van der Waals surface area contributed by atoms with Crippen LogP contribution >= 0.6 is 11.8 Å². The molecular weight excluding hydrogens is 98.1 g/mol. The molecule has 1 fully saturated rings. The van der Waals surface area contributed by atoms with E-state index in [1.807, 2.05) is 0 Å². The molecule has 1 aliphatic rings. The Balaban J connectivity index is 2.37. The molecule has 1 rings (SSSR count). The molecule has 2 nitrogen and oxygen atoms in total. The molecule has 0 spiro atoms. The summed E-state index contributed by atoms with van der Waals surface area (Å²) in [4.78, 5) is 10.1. The largest absolute Gasteiger partial charge is 0.272 e. The lowest BCUT2D eigenvalue weighted by atomic mass is 10.7. The highest BCUT2D eigenvalue weighted by Gasteiger charge is 2.08. The average molecular weight is 102 g/mol. The topological polar surface area (TPSA) is 31.2 Å². The molecule has 0 aromatic carbocycles. The first-order valence-electron chi connectivity index (χ1n) is 1.67. The molecule has 0 aliphatic carbocycles. The third kappa shape index (κ3) is 0.653. The van der Waals surface area contributed by atoms with Crippen LogP contribution in [0.25, 0.3) is 0 Å². The fourth-order valence-electron chi connectivity index (χ4n) is 0.296. The summed E-state index contributed by atoms with van der Waals surface area (Å²) < 4.78 is 0. The quantitative estimate of drug-likeness (QED) is 0.425. The SMILES string of the molecule is O=C1CSC[N]1. The van der Waals surface area contributed by atoms with Crippen LogP contribution in [0.2, 0.25) is 0 Å². The molecular formula is C3H4NOS. The molecule has 1 saturated heterocycles. The minimum absolute atomic E-state index is 0.0417. The summed E-state index contributed by atoms with van der Waals surface area (Å²) in [6.07, 6.45) is 0. The van der Waals surface area contributed by atoms with Crippen LogP contribution in [0.1, 0.15) is 0 Å². The Labute approximate surface area is 40.3 Å². The fourth-order valence-corrected chi connectivity index (χ4v) is 0.889. The second kappa shape index (κ2) is 1.51. The molecule has 1 heterocycles. The molecule has 0 N–H and O–H groups in total. The molecule has 0 saturated carbocycles. The van der Waals surface area contributed by atoms with E-state index in [0.717, 1.165) is 0 Å². The number of hydrogen-bond acceptors (Lipinski definition) is 2. The van der Waals surface area contributed by atoms with Gasteiger partial charge >= 0.3 is 0 Å². The zero-order valence-corrected chi connectivity index (χ0v) is 3.99. The van der Waals surface area contributed by atoms with Crippen LogP contribution in [0.5, 0.6) is 0 Å². The van der Waals surface area contributed by atoms with E-state index in [4.69, 9.17) is 0 Å². The minimum atomic E-state index is 0.0417. The van der Waals surface area contributed by atoms with Crippen LogP contribution in [0, 0.1) is 0 Å². The van der Waals surface area contributed by atoms with Crippen molar-refractivity contribution in [3.63, 3.8) is 0 Å². The molecule has 6 heavy (non-hydrogen) atoms. The Kier molecular flexibility index (Phi) is 1.01. The first-order valence-corrected chi connectivity index (χ1v) is 2.83. The number of rotatable bonds is 0. The van der Waals surface area contributed by atoms with Crippen LogP contribution in [0.3, 0.4) is 0 Å². The Morgan fingerprint density at radius 3 is 2.83 bits per heavy atom. The minimum Gasteiger partial charge on any atom is -0.272 e. The van der Waals surface area contributed by atoms with Gasteiger partial charge in [0.25, 0.3) is 5.91 Å². The van der Waals surface area contributed by atoms with Crippen LogP contribution in [0.4, 0.5) is 0 Å². The van der Waals surface area contributed by atoms with Crippen LogP contribution in [-0.4, -0.2) is 17.5 Å². The van der Waals surface area contributed by atoms with Gasteiger partial charge in [-0.3, -0.25) is 4.79 Å². The van der Waals surface area contributed by atoms with Gasteiger partial charge in [0.2, 0.25) is 0 Å². The van der Waals surface area contributed by atoms with Crippen molar-refractivity contribution in [1.29, 1.82) is 0 Å². The third-order valence-corrected chi connectivity index (χ3v) is 1.32. The maximum atomic E-state index is 10.1. The standard InChI is InChI=1S/C3H4NOS/c5-3-1-6-2-4-3/h1-2H2. The van der Waals surface area contributed by atoms with Gasteiger partial charge in [-0.1, -0.05) is 0 Å². The summed E-state index contributed by atoms with van der Waals surface area (Å²) >= 11 is 1.57. The van der Waals surface area contributed by atoms with Crippen molar-refractivity contribution in [3.8, 4) is 0 Å². The van der Waals surface area contributed by atoms with Crippen molar-refractivity contribution >= 4 is 17.7 Å². The highest BCUT2D eigenvalue weighted by atomic mass is 32.2. The van der Waals surface area contributed by atoms with E-state index >= 15 is 0 Å². The van der Waals surface area contributed by atoms with Gasteiger partial charge in [0.05, 0.1) is 11.6 Å². The smallest absolute Gasteiger partial charge is 0.252 e. The summed E-state index contributed by atoms with van der Waals surface area (Å²) in [5.74, 6) is 1.32. The van der Waals surface area contributed by atoms with Crippen molar-refractivity contribution in [1.82, 2.24) is 5.32 Å². The van der Waals surface area contributed by atoms with E-state index in [9.17, 15) is 4.79 Å². The molecule has 0 bridgehead atoms. The number of carbonyl (C=O) groups is 1. The molecule has 1 radical (unpaired) electrons. The number of thioether (sulfide) groups is 1. The zero-order chi connectivity index (χ0) is 4.41. The van der Waals surface area contributed by atoms with Gasteiger partial charge in [0, 0.05) is 0 Å². The zero-order valence-electron chi connectivity index (χ0n) is 3.18. The highest BCUT2D eigenvalue weighted by molar-refractivity contribution is 8.00. The van der Waals surface area contributed by atoms with Gasteiger partial charge in [-0.15, -0.1) is 11.8 Å². The summed E-state index contributed by atoms with van der Waals surface area (Å²) in [6.45, 7) is 0. The van der Waals surface area contributed by atoms with Crippen LogP contribution in [0.15, 0.2) is 0 Å². The summed E-state index contributed by atoms with van der Waals surface area (Å²) in [5.41, 5.74) is 0. The van der Waals surface area contributed by atoms with Crippen molar-refractivity contribution < 1.29 is 4.79 Å². The van der Waals surface area contributed by atoms with Gasteiger partial charge in [0.1, 0.15) is 0 Å². The molecule has 1 amide bonds. The molecule has 0 unspecified atom stereocenters. The van der Waals surface area contributed by atoms with Crippen molar-refractivity contribution in [2.24, 2.45) is 0 Å². The van der Waals surface area contributed by atoms with E-state index in [-0.39, 0.29) is 5.91 Å². The lowest BCUT2D eigenvalue weighted by Gasteiger charge is -1.72. The average Bonchev–Trinajstić information content (AvgIpc) is 1.86. The van der Waals surface area contributed by atoms with Crippen LogP contribution < -0.4 is 5.32 Å². The monoisotopic (exact) mass is 102 g/mol. The van der Waals surface area contributed by atoms with Gasteiger partial charge in [-0.25, -0.2) is 5.32 Å². The van der Waals surface area contributed by atoms with Crippen molar-refractivity contribution in [2.45, 2.75) is 0 Å². The van der Waals surface area contributed by atoms with E-state index in [1.165, 1.54) is 0 Å². The van der Waals surface area contributed by atoms with Gasteiger partial charge in [-0.2, -0.15) is 0 Å². The molecule has 0 atom stereocenters. The maximum absolute atomic E-state index is 10.1. The third-order valence-electron chi connectivity index (χ3n) is 0.558. The predicted octanol–water partition coefficient (Wildman–Crippen LogP) is -0.178. The van der Waals surface area contributed by atoms with E-state index < -0.39 is 0 Å². The molecule has 33 valence electrons. The van der Waals surface area contributed by atoms with Gasteiger partial charge in [0.15, 0.2) is 0 Å². The number of nitrogens with zero attached hydrogens (tertiary/aromatic N) is 1. The maximum Gasteiger partial charge on any atom is 0.252 e. The van der Waals surface area contributed by atoms with Crippen molar-refractivity contribution in [2.75, 3.05) is 11.6 Å². The Morgan fingerprint density at radius 1 is 1.83 bits per heavy atom.